The predicted octanol–water partition coefficient (Wildman–Crippen LogP) is 5.13. The SMILES string of the molecule is CC(C)NC(=O)CC[C@@H](C)C1CCC2C3C(CC[C@@]21C)[C@@]1(C)CCC(=O)CC1C[C@H]3O. The molecule has 0 saturated heterocycles. The van der Waals surface area contributed by atoms with E-state index in [1.54, 1.807) is 0 Å². The van der Waals surface area contributed by atoms with Gasteiger partial charge < -0.3 is 10.4 Å². The molecule has 0 aromatic heterocycles. The lowest BCUT2D eigenvalue weighted by Crippen LogP contribution is -2.58. The summed E-state index contributed by atoms with van der Waals surface area (Å²) in [6, 6.07) is 0.208. The van der Waals surface area contributed by atoms with Crippen LogP contribution >= 0.6 is 0 Å². The van der Waals surface area contributed by atoms with Crippen LogP contribution in [0.2, 0.25) is 0 Å². The van der Waals surface area contributed by atoms with Crippen molar-refractivity contribution in [2.24, 2.45) is 46.3 Å². The number of fused-ring (bicyclic) bond motifs is 5. The first-order valence-corrected chi connectivity index (χ1v) is 13.1. The van der Waals surface area contributed by atoms with Crippen LogP contribution in [-0.2, 0) is 9.59 Å². The van der Waals surface area contributed by atoms with Crippen molar-refractivity contribution in [1.29, 1.82) is 0 Å². The smallest absolute Gasteiger partial charge is 0.220 e. The summed E-state index contributed by atoms with van der Waals surface area (Å²) in [5, 5.41) is 14.4. The maximum Gasteiger partial charge on any atom is 0.220 e. The molecule has 4 heteroatoms. The quantitative estimate of drug-likeness (QED) is 0.634. The molecule has 4 aliphatic rings. The fourth-order valence-corrected chi connectivity index (χ4v) is 8.94. The molecule has 9 atom stereocenters. The Labute approximate surface area is 189 Å². The monoisotopic (exact) mass is 431 g/mol. The van der Waals surface area contributed by atoms with Crippen molar-refractivity contribution < 1.29 is 14.7 Å². The molecule has 176 valence electrons. The molecule has 2 N–H and O–H groups in total. The van der Waals surface area contributed by atoms with Crippen LogP contribution in [0.25, 0.3) is 0 Å². The van der Waals surface area contributed by atoms with Crippen molar-refractivity contribution in [2.45, 2.75) is 111 Å². The Bertz CT molecular complexity index is 705. The molecular weight excluding hydrogens is 386 g/mol. The van der Waals surface area contributed by atoms with E-state index in [2.05, 4.69) is 26.1 Å². The zero-order valence-electron chi connectivity index (χ0n) is 20.5. The van der Waals surface area contributed by atoms with Gasteiger partial charge in [-0.1, -0.05) is 20.8 Å². The van der Waals surface area contributed by atoms with Crippen LogP contribution in [0.15, 0.2) is 0 Å². The van der Waals surface area contributed by atoms with E-state index >= 15 is 0 Å². The first-order valence-electron chi connectivity index (χ1n) is 13.1. The number of carbonyl (C=O) groups excluding carboxylic acids is 2. The van der Waals surface area contributed by atoms with Gasteiger partial charge in [0, 0.05) is 25.3 Å². The van der Waals surface area contributed by atoms with Gasteiger partial charge in [0.15, 0.2) is 0 Å². The lowest BCUT2D eigenvalue weighted by molar-refractivity contribution is -0.168. The van der Waals surface area contributed by atoms with E-state index in [-0.39, 0.29) is 28.9 Å². The van der Waals surface area contributed by atoms with Crippen molar-refractivity contribution in [3.63, 3.8) is 0 Å². The minimum Gasteiger partial charge on any atom is -0.393 e. The lowest BCUT2D eigenvalue weighted by Gasteiger charge is -2.62. The number of ketones is 1. The highest BCUT2D eigenvalue weighted by molar-refractivity contribution is 5.79. The molecule has 0 heterocycles. The molecule has 4 fully saturated rings. The van der Waals surface area contributed by atoms with Crippen molar-refractivity contribution in [3.05, 3.63) is 0 Å². The van der Waals surface area contributed by atoms with Crippen LogP contribution in [0.1, 0.15) is 98.8 Å². The highest BCUT2D eigenvalue weighted by atomic mass is 16.3. The standard InChI is InChI=1S/C27H45NO3/c1-16(2)28-24(31)9-6-17(3)20-7-8-21-25-22(11-13-27(20,21)5)26(4)12-10-19(29)14-18(26)15-23(25)30/h16-18,20-23,25,30H,6-15H2,1-5H3,(H,28,31)/t17-,18?,20?,21?,22?,23-,25?,26+,27-/m1/s1. The number of hydrogen-bond acceptors (Lipinski definition) is 3. The van der Waals surface area contributed by atoms with Gasteiger partial charge in [-0.25, -0.2) is 0 Å². The van der Waals surface area contributed by atoms with Crippen molar-refractivity contribution in [3.8, 4) is 0 Å². The Kier molecular flexibility index (Phi) is 6.35. The first-order chi connectivity index (χ1) is 14.6. The van der Waals surface area contributed by atoms with Crippen LogP contribution in [0, 0.1) is 46.3 Å². The van der Waals surface area contributed by atoms with Gasteiger partial charge in [-0.2, -0.15) is 0 Å². The Balaban J connectivity index is 1.48. The highest BCUT2D eigenvalue weighted by Crippen LogP contribution is 2.68. The first kappa shape index (κ1) is 23.3. The normalized spacial score (nSPS) is 45.6. The third-order valence-electron chi connectivity index (χ3n) is 10.5. The Hall–Kier alpha value is -0.900. The van der Waals surface area contributed by atoms with Gasteiger partial charge in [-0.15, -0.1) is 0 Å². The zero-order valence-corrected chi connectivity index (χ0v) is 20.5. The Morgan fingerprint density at radius 2 is 1.81 bits per heavy atom. The number of carbonyl (C=O) groups is 2. The topological polar surface area (TPSA) is 66.4 Å². The summed E-state index contributed by atoms with van der Waals surface area (Å²) < 4.78 is 0. The number of amides is 1. The molecule has 4 aliphatic carbocycles. The summed E-state index contributed by atoms with van der Waals surface area (Å²) in [5.74, 6) is 3.71. The molecule has 0 aromatic carbocycles. The number of nitrogens with one attached hydrogen (secondary N) is 1. The number of rotatable bonds is 5. The molecule has 0 radical (unpaired) electrons. The van der Waals surface area contributed by atoms with Gasteiger partial charge in [0.25, 0.3) is 0 Å². The van der Waals surface area contributed by atoms with Gasteiger partial charge in [0.05, 0.1) is 6.10 Å². The third-order valence-corrected chi connectivity index (χ3v) is 10.5. The fourth-order valence-electron chi connectivity index (χ4n) is 8.94. The van der Waals surface area contributed by atoms with E-state index in [4.69, 9.17) is 0 Å². The average Bonchev–Trinajstić information content (AvgIpc) is 3.04. The number of aliphatic hydroxyl groups excluding tert-OH is 1. The van der Waals surface area contributed by atoms with Crippen molar-refractivity contribution >= 4 is 11.7 Å². The van der Waals surface area contributed by atoms with Crippen molar-refractivity contribution in [2.75, 3.05) is 0 Å². The van der Waals surface area contributed by atoms with Crippen LogP contribution in [0.3, 0.4) is 0 Å². The van der Waals surface area contributed by atoms with Crippen LogP contribution in [0.4, 0.5) is 0 Å². The second-order valence-electron chi connectivity index (χ2n) is 12.5. The van der Waals surface area contributed by atoms with Crippen LogP contribution in [0.5, 0.6) is 0 Å². The average molecular weight is 432 g/mol. The zero-order chi connectivity index (χ0) is 22.6. The summed E-state index contributed by atoms with van der Waals surface area (Å²) in [4.78, 5) is 24.3. The summed E-state index contributed by atoms with van der Waals surface area (Å²) in [5.41, 5.74) is 0.515. The molecule has 0 spiro atoms. The lowest BCUT2D eigenvalue weighted by atomic mass is 9.44. The summed E-state index contributed by atoms with van der Waals surface area (Å²) in [6.45, 7) is 11.3. The molecule has 31 heavy (non-hydrogen) atoms. The molecule has 4 nitrogen and oxygen atoms in total. The number of hydrogen-bond donors (Lipinski definition) is 2. The molecular formula is C27H45NO3. The Morgan fingerprint density at radius 3 is 2.52 bits per heavy atom. The van der Waals surface area contributed by atoms with Gasteiger partial charge in [-0.05, 0) is 105 Å². The highest BCUT2D eigenvalue weighted by Gasteiger charge is 2.62. The minimum absolute atomic E-state index is 0.179. The molecule has 1 amide bonds. The molecule has 0 aromatic rings. The maximum atomic E-state index is 12.2. The predicted molar refractivity (Wildman–Crippen MR) is 123 cm³/mol. The fraction of sp³-hybridized carbons (Fsp3) is 0.926. The molecule has 0 bridgehead atoms. The number of Topliss-reactive ketones (excluding diaryl/α,β-unsaturated/α-hetero) is 1. The van der Waals surface area contributed by atoms with E-state index in [9.17, 15) is 14.7 Å². The number of aliphatic hydroxyl groups is 1. The summed E-state index contributed by atoms with van der Waals surface area (Å²) in [7, 11) is 0. The molecule has 4 saturated carbocycles. The van der Waals surface area contributed by atoms with E-state index in [1.807, 2.05) is 13.8 Å². The van der Waals surface area contributed by atoms with Crippen LogP contribution < -0.4 is 5.32 Å². The van der Waals surface area contributed by atoms with E-state index < -0.39 is 0 Å². The van der Waals surface area contributed by atoms with Gasteiger partial charge in [-0.3, -0.25) is 9.59 Å². The molecule has 0 aliphatic heterocycles. The van der Waals surface area contributed by atoms with Crippen molar-refractivity contribution in [1.82, 2.24) is 5.32 Å². The Morgan fingerprint density at radius 1 is 1.10 bits per heavy atom. The second-order valence-corrected chi connectivity index (χ2v) is 12.5. The van der Waals surface area contributed by atoms with Crippen LogP contribution in [-0.4, -0.2) is 28.9 Å². The van der Waals surface area contributed by atoms with Gasteiger partial charge >= 0.3 is 0 Å². The summed E-state index contributed by atoms with van der Waals surface area (Å²) >= 11 is 0. The third kappa shape index (κ3) is 4.00. The maximum absolute atomic E-state index is 12.2. The minimum atomic E-state index is -0.246. The van der Waals surface area contributed by atoms with E-state index in [0.717, 1.165) is 25.7 Å². The van der Waals surface area contributed by atoms with Gasteiger partial charge in [0.2, 0.25) is 5.91 Å². The van der Waals surface area contributed by atoms with Gasteiger partial charge in [0.1, 0.15) is 5.78 Å². The molecule has 5 unspecified atom stereocenters. The van der Waals surface area contributed by atoms with E-state index in [0.29, 0.717) is 54.1 Å². The van der Waals surface area contributed by atoms with E-state index in [1.165, 1.54) is 25.7 Å². The largest absolute Gasteiger partial charge is 0.393 e. The summed E-state index contributed by atoms with van der Waals surface area (Å²) in [6.07, 6.45) is 9.53. The molecule has 4 rings (SSSR count). The second kappa shape index (κ2) is 8.47.